The molecule has 2 N–H and O–H groups in total. The summed E-state index contributed by atoms with van der Waals surface area (Å²) in [6.07, 6.45) is 0.144. The number of Topliss-reactive ketones (excluding diaryl/α,β-unsaturated/α-hetero) is 1. The quantitative estimate of drug-likeness (QED) is 0.416. The van der Waals surface area contributed by atoms with Crippen molar-refractivity contribution in [2.45, 2.75) is 13.3 Å². The minimum atomic E-state index is -0.584. The van der Waals surface area contributed by atoms with E-state index in [1.54, 1.807) is 0 Å². The van der Waals surface area contributed by atoms with E-state index in [1.807, 2.05) is 0 Å². The van der Waals surface area contributed by atoms with E-state index in [1.165, 1.54) is 6.92 Å². The first-order chi connectivity index (χ1) is 4.57. The average molecular weight is 143 g/mol. The van der Waals surface area contributed by atoms with Crippen molar-refractivity contribution < 1.29 is 14.4 Å². The highest BCUT2D eigenvalue weighted by molar-refractivity contribution is 6.26. The van der Waals surface area contributed by atoms with Crippen LogP contribution in [0.15, 0.2) is 0 Å². The van der Waals surface area contributed by atoms with Gasteiger partial charge in [-0.15, -0.1) is 0 Å². The number of carbonyl (C=O) groups excluding carboxylic acids is 3. The van der Waals surface area contributed by atoms with Gasteiger partial charge in [0.15, 0.2) is 12.1 Å². The third-order valence-electron chi connectivity index (χ3n) is 1.11. The lowest BCUT2D eigenvalue weighted by atomic mass is 10.0. The number of rotatable bonds is 4. The summed E-state index contributed by atoms with van der Waals surface area (Å²) < 4.78 is 0. The molecule has 0 aromatic heterocycles. The molecule has 0 aliphatic carbocycles. The molecule has 4 heteroatoms. The third-order valence-corrected chi connectivity index (χ3v) is 1.11. The van der Waals surface area contributed by atoms with Gasteiger partial charge in [0.05, 0.1) is 0 Å². The topological polar surface area (TPSA) is 77.2 Å². The molecule has 56 valence electrons. The summed E-state index contributed by atoms with van der Waals surface area (Å²) in [6, 6.07) is 0. The molecule has 0 fully saturated rings. The Morgan fingerprint density at radius 2 is 2.10 bits per heavy atom. The zero-order chi connectivity index (χ0) is 8.15. The van der Waals surface area contributed by atoms with Gasteiger partial charge in [-0.25, -0.2) is 0 Å². The molecule has 0 saturated carbocycles. The van der Waals surface area contributed by atoms with Crippen molar-refractivity contribution in [2.75, 3.05) is 0 Å². The van der Waals surface area contributed by atoms with Crippen LogP contribution in [0.1, 0.15) is 13.3 Å². The van der Waals surface area contributed by atoms with Gasteiger partial charge < -0.3 is 5.73 Å². The van der Waals surface area contributed by atoms with Crippen LogP contribution in [0.4, 0.5) is 0 Å². The summed E-state index contributed by atoms with van der Waals surface area (Å²) in [6.45, 7) is 1.49. The summed E-state index contributed by atoms with van der Waals surface area (Å²) in [4.78, 5) is 30.5. The van der Waals surface area contributed by atoms with Crippen LogP contribution in [0.5, 0.6) is 0 Å². The second-order valence-corrected chi connectivity index (χ2v) is 2.09. The molecule has 1 atom stereocenters. The molecule has 10 heavy (non-hydrogen) atoms. The molecule has 0 aliphatic heterocycles. The first-order valence-electron chi connectivity index (χ1n) is 2.85. The predicted molar refractivity (Wildman–Crippen MR) is 34.0 cm³/mol. The fourth-order valence-electron chi connectivity index (χ4n) is 0.519. The van der Waals surface area contributed by atoms with E-state index in [9.17, 15) is 14.4 Å². The van der Waals surface area contributed by atoms with Crippen LogP contribution in [0.25, 0.3) is 0 Å². The second kappa shape index (κ2) is 3.76. The van der Waals surface area contributed by atoms with Crippen LogP contribution in [-0.4, -0.2) is 18.0 Å². The van der Waals surface area contributed by atoms with E-state index in [-0.39, 0.29) is 12.7 Å². The molecule has 0 spiro atoms. The number of carbonyl (C=O) groups is 3. The maximum Gasteiger partial charge on any atom is 0.218 e. The molecule has 1 unspecified atom stereocenters. The lowest BCUT2D eigenvalue weighted by Crippen LogP contribution is -2.20. The van der Waals surface area contributed by atoms with Gasteiger partial charge in [-0.05, 0) is 0 Å². The highest BCUT2D eigenvalue weighted by Gasteiger charge is 2.13. The number of nitrogens with two attached hydrogens (primary N) is 1. The van der Waals surface area contributed by atoms with E-state index in [0.29, 0.717) is 0 Å². The van der Waals surface area contributed by atoms with Crippen LogP contribution in [0.3, 0.4) is 0 Å². The molecule has 0 heterocycles. The fourth-order valence-corrected chi connectivity index (χ4v) is 0.519. The maximum absolute atomic E-state index is 10.5. The van der Waals surface area contributed by atoms with Gasteiger partial charge in [0.1, 0.15) is 0 Å². The van der Waals surface area contributed by atoms with Crippen molar-refractivity contribution in [3.05, 3.63) is 0 Å². The van der Waals surface area contributed by atoms with Gasteiger partial charge >= 0.3 is 0 Å². The summed E-state index contributed by atoms with van der Waals surface area (Å²) in [5.41, 5.74) is 4.78. The molecule has 0 bridgehead atoms. The summed E-state index contributed by atoms with van der Waals surface area (Å²) in [5.74, 6) is -1.73. The Kier molecular flexibility index (Phi) is 3.32. The number of primary amides is 1. The zero-order valence-electron chi connectivity index (χ0n) is 5.66. The molecular formula is C6H9NO3. The van der Waals surface area contributed by atoms with Gasteiger partial charge in [0.25, 0.3) is 0 Å². The Labute approximate surface area is 58.4 Å². The van der Waals surface area contributed by atoms with Crippen LogP contribution in [-0.2, 0) is 14.4 Å². The highest BCUT2D eigenvalue weighted by Crippen LogP contribution is 1.99. The molecule has 0 aromatic carbocycles. The normalized spacial score (nSPS) is 12.1. The van der Waals surface area contributed by atoms with Crippen molar-refractivity contribution in [2.24, 2.45) is 11.7 Å². The molecule has 4 nitrogen and oxygen atoms in total. The minimum absolute atomic E-state index is 0.0580. The average Bonchev–Trinajstić information content (AvgIpc) is 1.85. The monoisotopic (exact) mass is 143 g/mol. The summed E-state index contributed by atoms with van der Waals surface area (Å²) >= 11 is 0. The first-order valence-corrected chi connectivity index (χ1v) is 2.85. The molecule has 0 radical (unpaired) electrons. The summed E-state index contributed by atoms with van der Waals surface area (Å²) in [7, 11) is 0. The van der Waals surface area contributed by atoms with Gasteiger partial charge in [0.2, 0.25) is 5.91 Å². The summed E-state index contributed by atoms with van der Waals surface area (Å²) in [5, 5.41) is 0. The number of aldehydes is 1. The van der Waals surface area contributed by atoms with Crippen LogP contribution >= 0.6 is 0 Å². The van der Waals surface area contributed by atoms with E-state index in [0.717, 1.165) is 0 Å². The van der Waals surface area contributed by atoms with Crippen LogP contribution < -0.4 is 5.73 Å². The Hall–Kier alpha value is -1.19. The smallest absolute Gasteiger partial charge is 0.218 e. The molecule has 0 aromatic rings. The van der Waals surface area contributed by atoms with Gasteiger partial charge in [-0.2, -0.15) is 0 Å². The number of amides is 1. The van der Waals surface area contributed by atoms with E-state index < -0.39 is 17.6 Å². The van der Waals surface area contributed by atoms with Crippen molar-refractivity contribution >= 4 is 18.0 Å². The van der Waals surface area contributed by atoms with Crippen molar-refractivity contribution in [1.82, 2.24) is 0 Å². The molecular weight excluding hydrogens is 134 g/mol. The molecule has 0 aliphatic rings. The maximum atomic E-state index is 10.5. The third kappa shape index (κ3) is 2.96. The lowest BCUT2D eigenvalue weighted by molar-refractivity contribution is -0.133. The van der Waals surface area contributed by atoms with Crippen molar-refractivity contribution in [3.63, 3.8) is 0 Å². The van der Waals surface area contributed by atoms with Gasteiger partial charge in [0, 0.05) is 12.3 Å². The standard InChI is InChI=1S/C6H9NO3/c1-4(2-6(7)10)5(9)3-8/h3-4H,2H2,1H3,(H2,7,10). The van der Waals surface area contributed by atoms with Gasteiger partial charge in [-0.1, -0.05) is 6.92 Å². The minimum Gasteiger partial charge on any atom is -0.370 e. The lowest BCUT2D eigenvalue weighted by Gasteiger charge is -2.00. The second-order valence-electron chi connectivity index (χ2n) is 2.09. The predicted octanol–water partition coefficient (Wildman–Crippen LogP) is -0.734. The first kappa shape index (κ1) is 8.81. The van der Waals surface area contributed by atoms with E-state index >= 15 is 0 Å². The number of ketones is 1. The van der Waals surface area contributed by atoms with E-state index in [4.69, 9.17) is 5.73 Å². The molecule has 0 saturated heterocycles. The van der Waals surface area contributed by atoms with Crippen LogP contribution in [0, 0.1) is 5.92 Å². The van der Waals surface area contributed by atoms with Crippen molar-refractivity contribution in [3.8, 4) is 0 Å². The van der Waals surface area contributed by atoms with Gasteiger partial charge in [-0.3, -0.25) is 14.4 Å². The zero-order valence-corrected chi connectivity index (χ0v) is 5.66. The molecule has 1 amide bonds. The Morgan fingerprint density at radius 1 is 1.60 bits per heavy atom. The Morgan fingerprint density at radius 3 is 2.40 bits per heavy atom. The van der Waals surface area contributed by atoms with E-state index in [2.05, 4.69) is 0 Å². The largest absolute Gasteiger partial charge is 0.370 e. The van der Waals surface area contributed by atoms with Crippen molar-refractivity contribution in [1.29, 1.82) is 0 Å². The SMILES string of the molecule is CC(CC(N)=O)C(=O)C=O. The Balaban J connectivity index is 3.84. The molecule has 0 rings (SSSR count). The number of hydrogen-bond donors (Lipinski definition) is 1. The number of hydrogen-bond acceptors (Lipinski definition) is 3. The Bertz CT molecular complexity index is 164. The highest BCUT2D eigenvalue weighted by atomic mass is 16.2. The fraction of sp³-hybridized carbons (Fsp3) is 0.500. The van der Waals surface area contributed by atoms with Crippen LogP contribution in [0.2, 0.25) is 0 Å².